The number of carbonyl (C=O) groups is 1. The molecule has 0 aromatic heterocycles. The van der Waals surface area contributed by atoms with Crippen molar-refractivity contribution < 1.29 is 9.53 Å². The highest BCUT2D eigenvalue weighted by Gasteiger charge is 2.29. The zero-order chi connectivity index (χ0) is 12.4. The Morgan fingerprint density at radius 3 is 3.06 bits per heavy atom. The molecule has 1 N–H and O–H groups in total. The number of nitrogens with one attached hydrogen (secondary N) is 1. The zero-order valence-corrected chi connectivity index (χ0v) is 10.4. The molecule has 0 radical (unpaired) electrons. The van der Waals surface area contributed by atoms with Crippen LogP contribution in [-0.2, 0) is 4.79 Å². The second-order valence-electron chi connectivity index (χ2n) is 4.81. The third kappa shape index (κ3) is 2.08. The molecule has 0 saturated carbocycles. The van der Waals surface area contributed by atoms with E-state index in [-0.39, 0.29) is 11.9 Å². The summed E-state index contributed by atoms with van der Waals surface area (Å²) in [6.07, 6.45) is 2.91. The van der Waals surface area contributed by atoms with Gasteiger partial charge in [0.25, 0.3) is 0 Å². The summed E-state index contributed by atoms with van der Waals surface area (Å²) in [7, 11) is 0. The van der Waals surface area contributed by atoms with Gasteiger partial charge in [0.1, 0.15) is 5.75 Å². The fourth-order valence-electron chi connectivity index (χ4n) is 2.64. The highest BCUT2D eigenvalue weighted by atomic mass is 16.5. The minimum absolute atomic E-state index is 0.0174. The molecule has 1 aromatic carbocycles. The molecule has 4 nitrogen and oxygen atoms in total. The molecule has 0 spiro atoms. The Hall–Kier alpha value is -1.55. The predicted molar refractivity (Wildman–Crippen MR) is 69.9 cm³/mol. The van der Waals surface area contributed by atoms with Gasteiger partial charge in [0, 0.05) is 6.54 Å². The van der Waals surface area contributed by atoms with Gasteiger partial charge >= 0.3 is 0 Å². The number of para-hydroxylation sites is 2. The Balaban J connectivity index is 1.88. The molecule has 2 aliphatic rings. The third-order valence-corrected chi connectivity index (χ3v) is 3.56. The first-order valence-corrected chi connectivity index (χ1v) is 6.63. The maximum absolute atomic E-state index is 12.5. The van der Waals surface area contributed by atoms with Gasteiger partial charge in [0.05, 0.1) is 18.3 Å². The van der Waals surface area contributed by atoms with E-state index in [0.29, 0.717) is 6.61 Å². The van der Waals surface area contributed by atoms with Gasteiger partial charge in [-0.2, -0.15) is 0 Å². The molecule has 18 heavy (non-hydrogen) atoms. The number of hydrogen-bond donors (Lipinski definition) is 1. The van der Waals surface area contributed by atoms with Gasteiger partial charge in [-0.3, -0.25) is 4.79 Å². The maximum Gasteiger partial charge on any atom is 0.244 e. The summed E-state index contributed by atoms with van der Waals surface area (Å²) in [5.74, 6) is 1.01. The first kappa shape index (κ1) is 11.5. The molecule has 3 rings (SSSR count). The van der Waals surface area contributed by atoms with Crippen LogP contribution in [0, 0.1) is 0 Å². The summed E-state index contributed by atoms with van der Waals surface area (Å²) in [5, 5.41) is 3.27. The van der Waals surface area contributed by atoms with Gasteiger partial charge < -0.3 is 15.0 Å². The van der Waals surface area contributed by atoms with E-state index in [9.17, 15) is 4.79 Å². The molecule has 0 bridgehead atoms. The van der Waals surface area contributed by atoms with Gasteiger partial charge in [-0.05, 0) is 37.9 Å². The van der Waals surface area contributed by atoms with Crippen molar-refractivity contribution in [1.82, 2.24) is 5.32 Å². The summed E-state index contributed by atoms with van der Waals surface area (Å²) in [4.78, 5) is 14.4. The molecule has 2 heterocycles. The highest BCUT2D eigenvalue weighted by molar-refractivity contribution is 5.98. The lowest BCUT2D eigenvalue weighted by Gasteiger charge is -2.24. The summed E-state index contributed by atoms with van der Waals surface area (Å²) in [6.45, 7) is 2.37. The zero-order valence-electron chi connectivity index (χ0n) is 10.4. The smallest absolute Gasteiger partial charge is 0.244 e. The standard InChI is InChI=1S/C14H18N2O2/c17-14(11-5-3-8-15-11)16-9-4-10-18-13-7-2-1-6-12(13)16/h1-2,6-7,11,15H,3-5,8-10H2/t11-/m0/s1. The molecule has 4 heteroatoms. The van der Waals surface area contributed by atoms with Crippen molar-refractivity contribution in [1.29, 1.82) is 0 Å². The van der Waals surface area contributed by atoms with Crippen LogP contribution in [0.1, 0.15) is 19.3 Å². The number of ether oxygens (including phenoxy) is 1. The summed E-state index contributed by atoms with van der Waals surface area (Å²) in [6, 6.07) is 7.78. The van der Waals surface area contributed by atoms with Crippen molar-refractivity contribution in [3.63, 3.8) is 0 Å². The first-order chi connectivity index (χ1) is 8.86. The second kappa shape index (κ2) is 4.98. The third-order valence-electron chi connectivity index (χ3n) is 3.56. The molecule has 96 valence electrons. The highest BCUT2D eigenvalue weighted by Crippen LogP contribution is 2.31. The number of fused-ring (bicyclic) bond motifs is 1. The molecule has 1 saturated heterocycles. The SMILES string of the molecule is O=C([C@@H]1CCCN1)N1CCCOc2ccccc21. The topological polar surface area (TPSA) is 41.6 Å². The largest absolute Gasteiger partial charge is 0.491 e. The van der Waals surface area contributed by atoms with E-state index in [1.807, 2.05) is 29.2 Å². The maximum atomic E-state index is 12.5. The summed E-state index contributed by atoms with van der Waals surface area (Å²) < 4.78 is 5.68. The van der Waals surface area contributed by atoms with Gasteiger partial charge in [-0.15, -0.1) is 0 Å². The summed E-state index contributed by atoms with van der Waals surface area (Å²) in [5.41, 5.74) is 0.911. The Morgan fingerprint density at radius 2 is 2.22 bits per heavy atom. The molecular formula is C14H18N2O2. The van der Waals surface area contributed by atoms with Crippen molar-refractivity contribution in [2.75, 3.05) is 24.6 Å². The molecular weight excluding hydrogens is 228 g/mol. The molecule has 2 aliphatic heterocycles. The number of amides is 1. The van der Waals surface area contributed by atoms with Crippen LogP contribution in [-0.4, -0.2) is 31.6 Å². The van der Waals surface area contributed by atoms with E-state index in [4.69, 9.17) is 4.74 Å². The molecule has 1 fully saturated rings. The Labute approximate surface area is 107 Å². The van der Waals surface area contributed by atoms with Gasteiger partial charge in [0.2, 0.25) is 5.91 Å². The minimum Gasteiger partial charge on any atom is -0.491 e. The number of rotatable bonds is 1. The Morgan fingerprint density at radius 1 is 1.33 bits per heavy atom. The Bertz CT molecular complexity index is 441. The first-order valence-electron chi connectivity index (χ1n) is 6.63. The van der Waals surface area contributed by atoms with E-state index < -0.39 is 0 Å². The predicted octanol–water partition coefficient (Wildman–Crippen LogP) is 1.55. The van der Waals surface area contributed by atoms with Gasteiger partial charge in [0.15, 0.2) is 0 Å². The van der Waals surface area contributed by atoms with Crippen LogP contribution in [0.15, 0.2) is 24.3 Å². The molecule has 0 aliphatic carbocycles. The van der Waals surface area contributed by atoms with Crippen LogP contribution >= 0.6 is 0 Å². The van der Waals surface area contributed by atoms with Crippen LogP contribution in [0.5, 0.6) is 5.75 Å². The Kier molecular flexibility index (Phi) is 3.19. The molecule has 1 atom stereocenters. The number of carbonyl (C=O) groups excluding carboxylic acids is 1. The second-order valence-corrected chi connectivity index (χ2v) is 4.81. The lowest BCUT2D eigenvalue weighted by molar-refractivity contribution is -0.120. The fraction of sp³-hybridized carbons (Fsp3) is 0.500. The van der Waals surface area contributed by atoms with Crippen molar-refractivity contribution in [3.05, 3.63) is 24.3 Å². The van der Waals surface area contributed by atoms with Gasteiger partial charge in [-0.1, -0.05) is 12.1 Å². The van der Waals surface area contributed by atoms with Crippen molar-refractivity contribution >= 4 is 11.6 Å². The average Bonchev–Trinajstić information content (AvgIpc) is 2.85. The van der Waals surface area contributed by atoms with Crippen LogP contribution in [0.25, 0.3) is 0 Å². The van der Waals surface area contributed by atoms with E-state index in [1.165, 1.54) is 0 Å². The normalized spacial score (nSPS) is 23.1. The monoisotopic (exact) mass is 246 g/mol. The lowest BCUT2D eigenvalue weighted by atomic mass is 10.1. The van der Waals surface area contributed by atoms with E-state index in [2.05, 4.69) is 5.32 Å². The van der Waals surface area contributed by atoms with Crippen molar-refractivity contribution in [2.45, 2.75) is 25.3 Å². The van der Waals surface area contributed by atoms with E-state index in [1.54, 1.807) is 0 Å². The lowest BCUT2D eigenvalue weighted by Crippen LogP contribution is -2.44. The number of hydrogen-bond acceptors (Lipinski definition) is 3. The molecule has 0 unspecified atom stereocenters. The van der Waals surface area contributed by atoms with Crippen LogP contribution < -0.4 is 15.0 Å². The minimum atomic E-state index is -0.0174. The number of nitrogens with zero attached hydrogens (tertiary/aromatic N) is 1. The average molecular weight is 246 g/mol. The van der Waals surface area contributed by atoms with Crippen LogP contribution in [0.3, 0.4) is 0 Å². The quantitative estimate of drug-likeness (QED) is 0.817. The van der Waals surface area contributed by atoms with Crippen LogP contribution in [0.2, 0.25) is 0 Å². The molecule has 1 amide bonds. The van der Waals surface area contributed by atoms with Crippen LogP contribution in [0.4, 0.5) is 5.69 Å². The number of benzene rings is 1. The van der Waals surface area contributed by atoms with Crippen molar-refractivity contribution in [2.24, 2.45) is 0 Å². The van der Waals surface area contributed by atoms with E-state index >= 15 is 0 Å². The fourth-order valence-corrected chi connectivity index (χ4v) is 2.64. The summed E-state index contributed by atoms with van der Waals surface area (Å²) >= 11 is 0. The molecule has 1 aromatic rings. The number of anilines is 1. The van der Waals surface area contributed by atoms with Crippen molar-refractivity contribution in [3.8, 4) is 5.75 Å². The van der Waals surface area contributed by atoms with E-state index in [0.717, 1.165) is 43.8 Å². The van der Waals surface area contributed by atoms with Gasteiger partial charge in [-0.25, -0.2) is 0 Å².